The van der Waals surface area contributed by atoms with Crippen LogP contribution < -0.4 is 19.1 Å². The molecule has 5 rings (SSSR count). The van der Waals surface area contributed by atoms with E-state index in [0.29, 0.717) is 23.6 Å². The molecule has 3 aromatic rings. The molecule has 0 unspecified atom stereocenters. The summed E-state index contributed by atoms with van der Waals surface area (Å²) in [5.41, 5.74) is 2.04. The van der Waals surface area contributed by atoms with Crippen LogP contribution in [0.2, 0.25) is 0 Å². The quantitative estimate of drug-likeness (QED) is 0.337. The molecule has 1 fully saturated rings. The predicted molar refractivity (Wildman–Crippen MR) is 161 cm³/mol. The fourth-order valence-electron chi connectivity index (χ4n) is 5.46. The number of carbonyl (C=O) groups excluding carboxylic acids is 2. The summed E-state index contributed by atoms with van der Waals surface area (Å²) in [6.07, 6.45) is 4.22. The van der Waals surface area contributed by atoms with Gasteiger partial charge in [-0.25, -0.2) is 8.42 Å². The highest BCUT2D eigenvalue weighted by Gasteiger charge is 2.35. The second kappa shape index (κ2) is 13.3. The first-order valence-corrected chi connectivity index (χ1v) is 16.0. The molecule has 2 aliphatic rings. The highest BCUT2D eigenvalue weighted by molar-refractivity contribution is 7.92. The zero-order valence-corrected chi connectivity index (χ0v) is 24.6. The summed E-state index contributed by atoms with van der Waals surface area (Å²) >= 11 is 0. The van der Waals surface area contributed by atoms with Crippen molar-refractivity contribution in [3.8, 4) is 11.5 Å². The summed E-state index contributed by atoms with van der Waals surface area (Å²) in [6, 6.07) is 23.0. The van der Waals surface area contributed by atoms with Gasteiger partial charge in [0.15, 0.2) is 11.5 Å². The van der Waals surface area contributed by atoms with E-state index in [1.807, 2.05) is 60.7 Å². The lowest BCUT2D eigenvalue weighted by atomic mass is 10.0. The van der Waals surface area contributed by atoms with Gasteiger partial charge in [-0.2, -0.15) is 0 Å². The summed E-state index contributed by atoms with van der Waals surface area (Å²) in [5, 5.41) is 3.18. The van der Waals surface area contributed by atoms with Crippen molar-refractivity contribution in [2.75, 3.05) is 23.4 Å². The van der Waals surface area contributed by atoms with Gasteiger partial charge in [-0.05, 0) is 43.0 Å². The van der Waals surface area contributed by atoms with Crippen LogP contribution in [0.3, 0.4) is 0 Å². The highest BCUT2D eigenvalue weighted by Crippen LogP contribution is 2.36. The summed E-state index contributed by atoms with van der Waals surface area (Å²) < 4.78 is 38.7. The third kappa shape index (κ3) is 7.05. The Bertz CT molecular complexity index is 1480. The second-order valence-corrected chi connectivity index (χ2v) is 12.8. The third-order valence-electron chi connectivity index (χ3n) is 7.79. The van der Waals surface area contributed by atoms with E-state index in [0.717, 1.165) is 41.1 Å². The topological polar surface area (TPSA) is 105 Å². The lowest BCUT2D eigenvalue weighted by molar-refractivity contribution is -0.140. The average molecular weight is 592 g/mol. The first kappa shape index (κ1) is 29.4. The minimum Gasteiger partial charge on any atom is -0.454 e. The highest BCUT2D eigenvalue weighted by atomic mass is 32.2. The van der Waals surface area contributed by atoms with Crippen molar-refractivity contribution in [1.82, 2.24) is 10.2 Å². The fourth-order valence-corrected chi connectivity index (χ4v) is 6.52. The Morgan fingerprint density at radius 3 is 2.21 bits per heavy atom. The number of sulfonamides is 1. The Labute approximate surface area is 247 Å². The minimum absolute atomic E-state index is 0.0420. The Morgan fingerprint density at radius 2 is 1.55 bits per heavy atom. The average Bonchev–Trinajstić information content (AvgIpc) is 3.70. The summed E-state index contributed by atoms with van der Waals surface area (Å²) in [7, 11) is -3.87. The van der Waals surface area contributed by atoms with Gasteiger partial charge in [0.2, 0.25) is 28.6 Å². The molecule has 1 heterocycles. The lowest BCUT2D eigenvalue weighted by Gasteiger charge is -2.34. The number of ether oxygens (including phenoxy) is 2. The molecular weight excluding hydrogens is 554 g/mol. The van der Waals surface area contributed by atoms with Crippen molar-refractivity contribution in [2.24, 2.45) is 0 Å². The zero-order chi connectivity index (χ0) is 29.5. The van der Waals surface area contributed by atoms with Crippen molar-refractivity contribution < 1.29 is 27.5 Å². The molecule has 1 atom stereocenters. The number of benzene rings is 3. The van der Waals surface area contributed by atoms with E-state index >= 15 is 0 Å². The van der Waals surface area contributed by atoms with Crippen LogP contribution in [0.25, 0.3) is 0 Å². The van der Waals surface area contributed by atoms with Crippen LogP contribution in [0.1, 0.15) is 43.7 Å². The molecular formula is C32H37N3O6S. The van der Waals surface area contributed by atoms with Crippen molar-refractivity contribution in [3.05, 3.63) is 90.0 Å². The van der Waals surface area contributed by atoms with Crippen LogP contribution in [0.4, 0.5) is 5.69 Å². The van der Waals surface area contributed by atoms with E-state index < -0.39 is 28.5 Å². The van der Waals surface area contributed by atoms with Gasteiger partial charge in [-0.3, -0.25) is 13.9 Å². The predicted octanol–water partition coefficient (Wildman–Crippen LogP) is 4.27. The van der Waals surface area contributed by atoms with E-state index in [9.17, 15) is 18.0 Å². The molecule has 1 aliphatic carbocycles. The van der Waals surface area contributed by atoms with E-state index in [4.69, 9.17) is 9.47 Å². The number of hydrogen-bond donors (Lipinski definition) is 1. The van der Waals surface area contributed by atoms with E-state index in [-0.39, 0.29) is 31.0 Å². The van der Waals surface area contributed by atoms with Crippen LogP contribution in [0, 0.1) is 0 Å². The first-order chi connectivity index (χ1) is 20.3. The summed E-state index contributed by atoms with van der Waals surface area (Å²) in [5.74, 6) is 0.00807. The van der Waals surface area contributed by atoms with Gasteiger partial charge >= 0.3 is 0 Å². The molecule has 1 saturated carbocycles. The van der Waals surface area contributed by atoms with Crippen LogP contribution in [-0.2, 0) is 32.6 Å². The number of amides is 2. The zero-order valence-electron chi connectivity index (χ0n) is 23.8. The summed E-state index contributed by atoms with van der Waals surface area (Å²) in [6.45, 7) is 1.26. The molecule has 2 amide bonds. The molecule has 222 valence electrons. The lowest BCUT2D eigenvalue weighted by Crippen LogP contribution is -2.54. The van der Waals surface area contributed by atoms with Gasteiger partial charge in [-0.1, -0.05) is 73.5 Å². The monoisotopic (exact) mass is 591 g/mol. The van der Waals surface area contributed by atoms with Crippen LogP contribution >= 0.6 is 0 Å². The van der Waals surface area contributed by atoms with E-state index in [1.165, 1.54) is 11.8 Å². The molecule has 9 nitrogen and oxygen atoms in total. The van der Waals surface area contributed by atoms with Crippen molar-refractivity contribution in [1.29, 1.82) is 0 Å². The molecule has 10 heteroatoms. The molecule has 0 saturated heterocycles. The third-order valence-corrected chi connectivity index (χ3v) is 9.53. The van der Waals surface area contributed by atoms with Crippen molar-refractivity contribution >= 4 is 27.5 Å². The van der Waals surface area contributed by atoms with Crippen LogP contribution in [0.5, 0.6) is 11.5 Å². The largest absolute Gasteiger partial charge is 0.454 e. The van der Waals surface area contributed by atoms with E-state index in [1.54, 1.807) is 18.2 Å². The maximum absolute atomic E-state index is 14.3. The smallest absolute Gasteiger partial charge is 0.244 e. The molecule has 0 aromatic heterocycles. The second-order valence-electron chi connectivity index (χ2n) is 10.6. The molecule has 0 bridgehead atoms. The van der Waals surface area contributed by atoms with Gasteiger partial charge in [0.25, 0.3) is 0 Å². The van der Waals surface area contributed by atoms with Crippen molar-refractivity contribution in [2.45, 2.75) is 57.7 Å². The molecule has 0 spiro atoms. The Balaban J connectivity index is 1.50. The maximum atomic E-state index is 14.3. The summed E-state index contributed by atoms with van der Waals surface area (Å²) in [4.78, 5) is 29.7. The Morgan fingerprint density at radius 1 is 0.905 bits per heavy atom. The van der Waals surface area contributed by atoms with E-state index in [2.05, 4.69) is 5.32 Å². The molecule has 42 heavy (non-hydrogen) atoms. The van der Waals surface area contributed by atoms with Crippen molar-refractivity contribution in [3.63, 3.8) is 0 Å². The molecule has 3 aromatic carbocycles. The Hall–Kier alpha value is -4.05. The van der Waals surface area contributed by atoms with Gasteiger partial charge in [0.1, 0.15) is 12.6 Å². The first-order valence-electron chi connectivity index (χ1n) is 14.4. The maximum Gasteiger partial charge on any atom is 0.244 e. The number of rotatable bonds is 12. The normalized spacial score (nSPS) is 15.3. The SMILES string of the molecule is CCS(=O)(=O)N(CC(=O)N(Cc1ccccc1)[C@H](Cc1ccccc1)C(=O)NC1CCCC1)c1ccc2c(c1)OCO2. The van der Waals surface area contributed by atoms with Gasteiger partial charge in [0.05, 0.1) is 11.4 Å². The molecule has 0 radical (unpaired) electrons. The number of fused-ring (bicyclic) bond motifs is 1. The standard InChI is InChI=1S/C32H37N3O6S/c1-2-42(38,39)35(27-17-18-29-30(20-27)41-23-40-29)22-31(36)34(21-25-13-7-4-8-14-25)28(19-24-11-5-3-6-12-24)32(37)33-26-15-9-10-16-26/h3-8,11-14,17-18,20,26,28H,2,9-10,15-16,19,21-23H2,1H3,(H,33,37)/t28-/m1/s1. The minimum atomic E-state index is -3.87. The van der Waals surface area contributed by atoms with Gasteiger partial charge in [-0.15, -0.1) is 0 Å². The number of carbonyl (C=O) groups is 2. The number of nitrogens with one attached hydrogen (secondary N) is 1. The number of anilines is 1. The molecule has 1 N–H and O–H groups in total. The van der Waals surface area contributed by atoms with Crippen LogP contribution in [0.15, 0.2) is 78.9 Å². The van der Waals surface area contributed by atoms with Crippen LogP contribution in [-0.4, -0.2) is 56.3 Å². The van der Waals surface area contributed by atoms with Gasteiger partial charge < -0.3 is 19.7 Å². The van der Waals surface area contributed by atoms with Gasteiger partial charge in [0, 0.05) is 25.1 Å². The molecule has 1 aliphatic heterocycles. The Kier molecular flexibility index (Phi) is 9.31. The number of nitrogens with zero attached hydrogens (tertiary/aromatic N) is 2. The fraction of sp³-hybridized carbons (Fsp3) is 0.375. The number of hydrogen-bond acceptors (Lipinski definition) is 6.